The Bertz CT molecular complexity index is 750. The maximum atomic E-state index is 12.6. The van der Waals surface area contributed by atoms with Crippen LogP contribution in [0.25, 0.3) is 0 Å². The van der Waals surface area contributed by atoms with E-state index in [1.807, 2.05) is 36.2 Å². The Balaban J connectivity index is 2.09. The summed E-state index contributed by atoms with van der Waals surface area (Å²) in [6, 6.07) is 7.52. The van der Waals surface area contributed by atoms with Crippen molar-refractivity contribution in [3.63, 3.8) is 0 Å². The molecule has 6 heteroatoms. The van der Waals surface area contributed by atoms with Gasteiger partial charge in [-0.15, -0.1) is 0 Å². The minimum atomic E-state index is -0.435. The van der Waals surface area contributed by atoms with Gasteiger partial charge in [-0.05, 0) is 44.2 Å². The van der Waals surface area contributed by atoms with Crippen LogP contribution >= 0.6 is 11.6 Å². The van der Waals surface area contributed by atoms with Crippen LogP contribution in [0.4, 0.5) is 0 Å². The van der Waals surface area contributed by atoms with Crippen LogP contribution in [0.2, 0.25) is 5.02 Å². The number of aromatic nitrogens is 1. The molecule has 0 aliphatic heterocycles. The number of hydrogen-bond acceptors (Lipinski definition) is 4. The quantitative estimate of drug-likeness (QED) is 0.642. The smallest absolute Gasteiger partial charge is 0.339 e. The van der Waals surface area contributed by atoms with E-state index in [-0.39, 0.29) is 12.3 Å². The number of H-pyrrole nitrogens is 1. The summed E-state index contributed by atoms with van der Waals surface area (Å²) in [4.78, 5) is 29.3. The first-order valence-electron chi connectivity index (χ1n) is 7.57. The van der Waals surface area contributed by atoms with E-state index in [4.69, 9.17) is 16.3 Å². The highest BCUT2D eigenvalue weighted by Gasteiger charge is 2.22. The van der Waals surface area contributed by atoms with Gasteiger partial charge in [-0.3, -0.25) is 9.69 Å². The molecule has 1 aromatic heterocycles. The Morgan fingerprint density at radius 1 is 1.21 bits per heavy atom. The molecule has 0 atom stereocenters. The van der Waals surface area contributed by atoms with Crippen LogP contribution in [0.5, 0.6) is 0 Å². The molecule has 2 rings (SSSR count). The second kappa shape index (κ2) is 7.64. The summed E-state index contributed by atoms with van der Waals surface area (Å²) in [6.07, 6.45) is 0. The lowest BCUT2D eigenvalue weighted by Gasteiger charge is -2.15. The zero-order valence-electron chi connectivity index (χ0n) is 14.3. The molecule has 0 spiro atoms. The topological polar surface area (TPSA) is 62.4 Å². The van der Waals surface area contributed by atoms with Crippen molar-refractivity contribution in [2.24, 2.45) is 0 Å². The molecule has 0 bridgehead atoms. The number of halogens is 1. The molecule has 0 saturated carbocycles. The van der Waals surface area contributed by atoms with Gasteiger partial charge < -0.3 is 9.72 Å². The number of methoxy groups -OCH3 is 1. The zero-order chi connectivity index (χ0) is 17.9. The lowest BCUT2D eigenvalue weighted by atomic mass is 10.1. The molecule has 128 valence electrons. The molecular formula is C18H21ClN2O3. The van der Waals surface area contributed by atoms with E-state index in [1.54, 1.807) is 13.8 Å². The van der Waals surface area contributed by atoms with Crippen LogP contribution in [0.3, 0.4) is 0 Å². The molecule has 0 amide bonds. The van der Waals surface area contributed by atoms with Crippen LogP contribution in [0.15, 0.2) is 24.3 Å². The Labute approximate surface area is 146 Å². The number of rotatable bonds is 6. The fourth-order valence-electron chi connectivity index (χ4n) is 2.72. The maximum Gasteiger partial charge on any atom is 0.339 e. The monoisotopic (exact) mass is 348 g/mol. The van der Waals surface area contributed by atoms with Crippen LogP contribution in [0.1, 0.15) is 37.7 Å². The largest absolute Gasteiger partial charge is 0.465 e. The standard InChI is InChI=1S/C18H21ClN2O3/c1-11-16(18(23)24-4)12(2)20-17(11)15(22)10-21(3)9-13-5-7-14(19)8-6-13/h5-8,20H,9-10H2,1-4H3. The molecule has 5 nitrogen and oxygen atoms in total. The first-order chi connectivity index (χ1) is 11.3. The van der Waals surface area contributed by atoms with Crippen molar-refractivity contribution in [3.8, 4) is 0 Å². The number of nitrogens with zero attached hydrogens (tertiary/aromatic N) is 1. The van der Waals surface area contributed by atoms with E-state index in [0.29, 0.717) is 34.1 Å². The van der Waals surface area contributed by atoms with E-state index in [1.165, 1.54) is 7.11 Å². The fraction of sp³-hybridized carbons (Fsp3) is 0.333. The molecule has 0 aliphatic rings. The van der Waals surface area contributed by atoms with Crippen molar-refractivity contribution in [1.29, 1.82) is 0 Å². The molecule has 0 radical (unpaired) electrons. The number of nitrogens with one attached hydrogen (secondary N) is 1. The minimum Gasteiger partial charge on any atom is -0.465 e. The van der Waals surface area contributed by atoms with Crippen molar-refractivity contribution in [2.75, 3.05) is 20.7 Å². The molecule has 1 heterocycles. The van der Waals surface area contributed by atoms with E-state index >= 15 is 0 Å². The van der Waals surface area contributed by atoms with Gasteiger partial charge in [0.2, 0.25) is 0 Å². The number of esters is 1. The number of benzene rings is 1. The normalized spacial score (nSPS) is 10.9. The molecule has 1 N–H and O–H groups in total. The average molecular weight is 349 g/mol. The van der Waals surface area contributed by atoms with Gasteiger partial charge in [-0.25, -0.2) is 4.79 Å². The van der Waals surface area contributed by atoms with Gasteiger partial charge >= 0.3 is 5.97 Å². The highest BCUT2D eigenvalue weighted by molar-refractivity contribution is 6.30. The lowest BCUT2D eigenvalue weighted by molar-refractivity contribution is 0.0599. The molecule has 0 aliphatic carbocycles. The molecule has 1 aromatic carbocycles. The maximum absolute atomic E-state index is 12.6. The molecule has 2 aromatic rings. The van der Waals surface area contributed by atoms with Crippen molar-refractivity contribution in [1.82, 2.24) is 9.88 Å². The van der Waals surface area contributed by atoms with Crippen LogP contribution in [0, 0.1) is 13.8 Å². The van der Waals surface area contributed by atoms with Crippen LogP contribution < -0.4 is 0 Å². The first-order valence-corrected chi connectivity index (χ1v) is 7.95. The summed E-state index contributed by atoms with van der Waals surface area (Å²) in [5.74, 6) is -0.503. The summed E-state index contributed by atoms with van der Waals surface area (Å²) in [5.41, 5.74) is 3.23. The number of carbonyl (C=O) groups excluding carboxylic acids is 2. The Kier molecular flexibility index (Phi) is 5.80. The zero-order valence-corrected chi connectivity index (χ0v) is 15.0. The van der Waals surface area contributed by atoms with Crippen molar-refractivity contribution < 1.29 is 14.3 Å². The van der Waals surface area contributed by atoms with E-state index < -0.39 is 5.97 Å². The number of likely N-dealkylation sites (N-methyl/N-ethyl adjacent to an activating group) is 1. The summed E-state index contributed by atoms with van der Waals surface area (Å²) in [6.45, 7) is 4.38. The van der Waals surface area contributed by atoms with Gasteiger partial charge in [-0.1, -0.05) is 23.7 Å². The molecule has 0 saturated heterocycles. The second-order valence-electron chi connectivity index (χ2n) is 5.84. The van der Waals surface area contributed by atoms with Gasteiger partial charge in [0.05, 0.1) is 24.9 Å². The summed E-state index contributed by atoms with van der Waals surface area (Å²) in [5, 5.41) is 0.685. The molecule has 0 fully saturated rings. The van der Waals surface area contributed by atoms with Gasteiger partial charge in [0, 0.05) is 17.3 Å². The van der Waals surface area contributed by atoms with Crippen molar-refractivity contribution in [3.05, 3.63) is 57.4 Å². The molecule has 0 unspecified atom stereocenters. The van der Waals surface area contributed by atoms with E-state index in [2.05, 4.69) is 4.98 Å². The highest BCUT2D eigenvalue weighted by atomic mass is 35.5. The second-order valence-corrected chi connectivity index (χ2v) is 6.27. The first kappa shape index (κ1) is 18.2. The van der Waals surface area contributed by atoms with Gasteiger partial charge in [0.15, 0.2) is 5.78 Å². The van der Waals surface area contributed by atoms with Crippen molar-refractivity contribution in [2.45, 2.75) is 20.4 Å². The number of hydrogen-bond donors (Lipinski definition) is 1. The van der Waals surface area contributed by atoms with Crippen molar-refractivity contribution >= 4 is 23.4 Å². The van der Waals surface area contributed by atoms with Gasteiger partial charge in [-0.2, -0.15) is 0 Å². The summed E-state index contributed by atoms with van der Waals surface area (Å²) >= 11 is 5.88. The predicted molar refractivity (Wildman–Crippen MR) is 93.7 cm³/mol. The third-order valence-corrected chi connectivity index (χ3v) is 4.14. The minimum absolute atomic E-state index is 0.0674. The number of Topliss-reactive ketones (excluding diaryl/α,β-unsaturated/α-hetero) is 1. The number of ketones is 1. The fourth-order valence-corrected chi connectivity index (χ4v) is 2.84. The van der Waals surface area contributed by atoms with Crippen LogP contribution in [-0.2, 0) is 11.3 Å². The van der Waals surface area contributed by atoms with E-state index in [0.717, 1.165) is 5.56 Å². The van der Waals surface area contributed by atoms with Gasteiger partial charge in [0.25, 0.3) is 0 Å². The number of aromatic amines is 1. The van der Waals surface area contributed by atoms with Gasteiger partial charge in [0.1, 0.15) is 0 Å². The number of carbonyl (C=O) groups is 2. The highest BCUT2D eigenvalue weighted by Crippen LogP contribution is 2.20. The summed E-state index contributed by atoms with van der Waals surface area (Å²) in [7, 11) is 3.20. The third-order valence-electron chi connectivity index (χ3n) is 3.89. The molecule has 24 heavy (non-hydrogen) atoms. The Morgan fingerprint density at radius 2 is 1.83 bits per heavy atom. The predicted octanol–water partition coefficient (Wildman–Crippen LogP) is 3.39. The third kappa shape index (κ3) is 4.04. The SMILES string of the molecule is COC(=O)c1c(C)[nH]c(C(=O)CN(C)Cc2ccc(Cl)cc2)c1C. The Hall–Kier alpha value is -2.11. The Morgan fingerprint density at radius 3 is 2.42 bits per heavy atom. The van der Waals surface area contributed by atoms with E-state index in [9.17, 15) is 9.59 Å². The number of aryl methyl sites for hydroxylation is 1. The van der Waals surface area contributed by atoms with Crippen LogP contribution in [-0.4, -0.2) is 42.3 Å². The summed E-state index contributed by atoms with van der Waals surface area (Å²) < 4.78 is 4.77. The lowest BCUT2D eigenvalue weighted by Crippen LogP contribution is -2.26. The molecular weight excluding hydrogens is 328 g/mol. The number of ether oxygens (including phenoxy) is 1. The average Bonchev–Trinajstić information content (AvgIpc) is 2.83.